The molecule has 0 fully saturated rings. The molecule has 0 bridgehead atoms. The molecule has 1 aliphatic heterocycles. The molecule has 1 heterocycles. The summed E-state index contributed by atoms with van der Waals surface area (Å²) in [4.78, 5) is 12.3. The molecule has 7 heteroatoms. The van der Waals surface area contributed by atoms with Crippen LogP contribution in [0.3, 0.4) is 0 Å². The molecule has 0 unspecified atom stereocenters. The predicted molar refractivity (Wildman–Crippen MR) is 105 cm³/mol. The Hall–Kier alpha value is -3.22. The standard InChI is InChI=1S/C21H24N2O5/c1-3-4-11-26-19-12-15(9-10-16(19)25-2)13-22-23-21(24)20-14-27-17-7-5-6-8-18(17)28-20/h5-10,12-13,20H,3-4,11,14H2,1-2H3,(H,23,24)/b22-13-/t20-/m1/s1. The topological polar surface area (TPSA) is 78.4 Å². The van der Waals surface area contributed by atoms with E-state index in [2.05, 4.69) is 17.5 Å². The van der Waals surface area contributed by atoms with Gasteiger partial charge in [-0.05, 0) is 42.3 Å². The molecule has 2 aromatic carbocycles. The van der Waals surface area contributed by atoms with Gasteiger partial charge in [0, 0.05) is 0 Å². The van der Waals surface area contributed by atoms with Gasteiger partial charge in [-0.3, -0.25) is 4.79 Å². The second-order valence-electron chi connectivity index (χ2n) is 6.21. The number of ether oxygens (including phenoxy) is 4. The van der Waals surface area contributed by atoms with Crippen molar-refractivity contribution in [1.29, 1.82) is 0 Å². The highest BCUT2D eigenvalue weighted by Gasteiger charge is 2.26. The Labute approximate surface area is 164 Å². The van der Waals surface area contributed by atoms with E-state index in [1.165, 1.54) is 0 Å². The van der Waals surface area contributed by atoms with Crippen LogP contribution < -0.4 is 24.4 Å². The first-order valence-corrected chi connectivity index (χ1v) is 9.23. The number of fused-ring (bicyclic) bond motifs is 1. The van der Waals surface area contributed by atoms with Crippen LogP contribution in [0.2, 0.25) is 0 Å². The second kappa shape index (κ2) is 9.64. The predicted octanol–water partition coefficient (Wildman–Crippen LogP) is 3.16. The third-order valence-corrected chi connectivity index (χ3v) is 4.13. The van der Waals surface area contributed by atoms with Gasteiger partial charge in [0.15, 0.2) is 23.0 Å². The lowest BCUT2D eigenvalue weighted by molar-refractivity contribution is -0.130. The molecule has 0 aliphatic carbocycles. The number of benzene rings is 2. The number of hydrogen-bond acceptors (Lipinski definition) is 6. The average Bonchev–Trinajstić information content (AvgIpc) is 2.73. The first kappa shape index (κ1) is 19.5. The third kappa shape index (κ3) is 4.94. The SMILES string of the molecule is CCCCOc1cc(/C=N\NC(=O)[C@H]2COc3ccccc3O2)ccc1OC. The van der Waals surface area contributed by atoms with Gasteiger partial charge >= 0.3 is 0 Å². The lowest BCUT2D eigenvalue weighted by Crippen LogP contribution is -2.42. The van der Waals surface area contributed by atoms with E-state index in [1.807, 2.05) is 24.3 Å². The van der Waals surface area contributed by atoms with Gasteiger partial charge in [-0.1, -0.05) is 25.5 Å². The molecule has 0 aromatic heterocycles. The van der Waals surface area contributed by atoms with Crippen LogP contribution in [0.25, 0.3) is 0 Å². The van der Waals surface area contributed by atoms with Crippen LogP contribution in [-0.2, 0) is 4.79 Å². The summed E-state index contributed by atoms with van der Waals surface area (Å²) in [6, 6.07) is 12.7. The fourth-order valence-corrected chi connectivity index (χ4v) is 2.60. The molecule has 1 aliphatic rings. The molecular weight excluding hydrogens is 360 g/mol. The molecule has 0 saturated heterocycles. The Kier molecular flexibility index (Phi) is 6.73. The van der Waals surface area contributed by atoms with Crippen LogP contribution >= 0.6 is 0 Å². The Morgan fingerprint density at radius 1 is 1.25 bits per heavy atom. The van der Waals surface area contributed by atoms with Crippen LogP contribution in [0.15, 0.2) is 47.6 Å². The minimum Gasteiger partial charge on any atom is -0.493 e. The van der Waals surface area contributed by atoms with E-state index in [0.29, 0.717) is 29.6 Å². The number of para-hydroxylation sites is 2. The van der Waals surface area contributed by atoms with E-state index in [0.717, 1.165) is 18.4 Å². The van der Waals surface area contributed by atoms with Gasteiger partial charge in [-0.15, -0.1) is 0 Å². The number of nitrogens with zero attached hydrogens (tertiary/aromatic N) is 1. The van der Waals surface area contributed by atoms with E-state index in [1.54, 1.807) is 31.5 Å². The zero-order valence-corrected chi connectivity index (χ0v) is 16.0. The zero-order valence-electron chi connectivity index (χ0n) is 16.0. The highest BCUT2D eigenvalue weighted by atomic mass is 16.6. The Bertz CT molecular complexity index is 837. The van der Waals surface area contributed by atoms with Gasteiger partial charge in [-0.25, -0.2) is 5.43 Å². The van der Waals surface area contributed by atoms with Gasteiger partial charge in [0.2, 0.25) is 6.10 Å². The molecule has 0 saturated carbocycles. The maximum absolute atomic E-state index is 12.3. The van der Waals surface area contributed by atoms with Crippen LogP contribution in [0, 0.1) is 0 Å². The van der Waals surface area contributed by atoms with Crippen molar-refractivity contribution in [1.82, 2.24) is 5.43 Å². The number of carbonyl (C=O) groups excluding carboxylic acids is 1. The van der Waals surface area contributed by atoms with Crippen molar-refractivity contribution in [2.45, 2.75) is 25.9 Å². The van der Waals surface area contributed by atoms with Crippen molar-refractivity contribution in [2.24, 2.45) is 5.10 Å². The molecule has 3 rings (SSSR count). The van der Waals surface area contributed by atoms with Crippen molar-refractivity contribution < 1.29 is 23.7 Å². The summed E-state index contributed by atoms with van der Waals surface area (Å²) < 4.78 is 22.3. The number of hydrazone groups is 1. The number of nitrogens with one attached hydrogen (secondary N) is 1. The zero-order chi connectivity index (χ0) is 19.8. The number of carbonyl (C=O) groups is 1. The van der Waals surface area contributed by atoms with E-state index in [9.17, 15) is 4.79 Å². The smallest absolute Gasteiger partial charge is 0.284 e. The molecule has 7 nitrogen and oxygen atoms in total. The third-order valence-electron chi connectivity index (χ3n) is 4.13. The van der Waals surface area contributed by atoms with Crippen LogP contribution in [0.5, 0.6) is 23.0 Å². The van der Waals surface area contributed by atoms with Gasteiger partial charge in [0.1, 0.15) is 6.61 Å². The van der Waals surface area contributed by atoms with Gasteiger partial charge < -0.3 is 18.9 Å². The van der Waals surface area contributed by atoms with Gasteiger partial charge in [0.05, 0.1) is 19.9 Å². The number of rotatable bonds is 8. The number of unbranched alkanes of at least 4 members (excludes halogenated alkanes) is 1. The first-order valence-electron chi connectivity index (χ1n) is 9.23. The lowest BCUT2D eigenvalue weighted by atomic mass is 10.2. The molecule has 2 aromatic rings. The minimum atomic E-state index is -0.754. The summed E-state index contributed by atoms with van der Waals surface area (Å²) in [5.41, 5.74) is 3.26. The number of methoxy groups -OCH3 is 1. The minimum absolute atomic E-state index is 0.135. The highest BCUT2D eigenvalue weighted by molar-refractivity contribution is 5.85. The van der Waals surface area contributed by atoms with Crippen molar-refractivity contribution in [3.8, 4) is 23.0 Å². The number of hydrogen-bond donors (Lipinski definition) is 1. The monoisotopic (exact) mass is 384 g/mol. The maximum Gasteiger partial charge on any atom is 0.284 e. The fourth-order valence-electron chi connectivity index (χ4n) is 2.60. The first-order chi connectivity index (χ1) is 13.7. The summed E-state index contributed by atoms with van der Waals surface area (Å²) in [5, 5.41) is 4.01. The molecule has 1 atom stereocenters. The molecule has 0 spiro atoms. The van der Waals surface area contributed by atoms with Gasteiger partial charge in [-0.2, -0.15) is 5.10 Å². The molecule has 148 valence electrons. The highest BCUT2D eigenvalue weighted by Crippen LogP contribution is 2.31. The van der Waals surface area contributed by atoms with Crippen molar-refractivity contribution in [3.63, 3.8) is 0 Å². The Morgan fingerprint density at radius 2 is 2.07 bits per heavy atom. The van der Waals surface area contributed by atoms with Crippen molar-refractivity contribution >= 4 is 12.1 Å². The lowest BCUT2D eigenvalue weighted by Gasteiger charge is -2.24. The summed E-state index contributed by atoms with van der Waals surface area (Å²) in [6.07, 6.45) is 2.80. The largest absolute Gasteiger partial charge is 0.493 e. The summed E-state index contributed by atoms with van der Waals surface area (Å²) in [6.45, 7) is 2.85. The van der Waals surface area contributed by atoms with Crippen molar-refractivity contribution in [3.05, 3.63) is 48.0 Å². The molecule has 0 radical (unpaired) electrons. The quantitative estimate of drug-likeness (QED) is 0.430. The summed E-state index contributed by atoms with van der Waals surface area (Å²) >= 11 is 0. The van der Waals surface area contributed by atoms with E-state index in [4.69, 9.17) is 18.9 Å². The molecular formula is C21H24N2O5. The Morgan fingerprint density at radius 3 is 2.86 bits per heavy atom. The molecule has 1 N–H and O–H groups in total. The summed E-state index contributed by atoms with van der Waals surface area (Å²) in [7, 11) is 1.60. The normalized spacial score (nSPS) is 15.3. The molecule has 28 heavy (non-hydrogen) atoms. The van der Waals surface area contributed by atoms with Crippen molar-refractivity contribution in [2.75, 3.05) is 20.3 Å². The molecule has 1 amide bonds. The van der Waals surface area contributed by atoms with Crippen LogP contribution in [-0.4, -0.2) is 38.5 Å². The second-order valence-corrected chi connectivity index (χ2v) is 6.21. The summed E-state index contributed by atoms with van der Waals surface area (Å²) in [5.74, 6) is 2.10. The average molecular weight is 384 g/mol. The van der Waals surface area contributed by atoms with Crippen LogP contribution in [0.1, 0.15) is 25.3 Å². The number of amides is 1. The Balaban J connectivity index is 1.58. The maximum atomic E-state index is 12.3. The van der Waals surface area contributed by atoms with Crippen LogP contribution in [0.4, 0.5) is 0 Å². The van der Waals surface area contributed by atoms with E-state index >= 15 is 0 Å². The fraction of sp³-hybridized carbons (Fsp3) is 0.333. The van der Waals surface area contributed by atoms with E-state index in [-0.39, 0.29) is 12.5 Å². The van der Waals surface area contributed by atoms with Gasteiger partial charge in [0.25, 0.3) is 5.91 Å². The van der Waals surface area contributed by atoms with E-state index < -0.39 is 6.10 Å².